The van der Waals surface area contributed by atoms with Crippen molar-refractivity contribution in [2.45, 2.75) is 46.4 Å². The standard InChI is InChI=1S/C17H26IN3O6S3/c1-5-21(17(22)27-8-6-7-18)14-9-12(2)29(23,24)16-13(14)10-15(28-16)30(25,26)19-11-20(3)4/h10-12,14H,5-9H2,1-4H3/b19-11+/t12?,14-/m0/s1. The number of ether oxygens (including phenoxy) is 1. The van der Waals surface area contributed by atoms with Crippen molar-refractivity contribution in [1.29, 1.82) is 0 Å². The number of sulfonamides is 1. The van der Waals surface area contributed by atoms with Crippen LogP contribution in [0.2, 0.25) is 0 Å². The molecule has 2 rings (SSSR count). The third-order valence-electron chi connectivity index (χ3n) is 4.53. The van der Waals surface area contributed by atoms with Crippen LogP contribution in [-0.4, -0.2) is 76.0 Å². The van der Waals surface area contributed by atoms with Crippen LogP contribution in [0.4, 0.5) is 4.79 Å². The molecule has 1 aromatic rings. The summed E-state index contributed by atoms with van der Waals surface area (Å²) in [6.07, 6.45) is 1.49. The lowest BCUT2D eigenvalue weighted by Crippen LogP contribution is -2.40. The molecule has 1 amide bonds. The molecule has 13 heteroatoms. The summed E-state index contributed by atoms with van der Waals surface area (Å²) >= 11 is 2.87. The van der Waals surface area contributed by atoms with Gasteiger partial charge in [0.05, 0.1) is 17.9 Å². The lowest BCUT2D eigenvalue weighted by atomic mass is 10.0. The molecule has 1 aromatic heterocycles. The van der Waals surface area contributed by atoms with Crippen LogP contribution in [0.25, 0.3) is 0 Å². The van der Waals surface area contributed by atoms with E-state index in [2.05, 4.69) is 27.0 Å². The topological polar surface area (TPSA) is 113 Å². The van der Waals surface area contributed by atoms with Crippen molar-refractivity contribution in [1.82, 2.24) is 9.80 Å². The van der Waals surface area contributed by atoms with E-state index in [9.17, 15) is 21.6 Å². The molecule has 0 aromatic carbocycles. The van der Waals surface area contributed by atoms with Crippen LogP contribution in [0.5, 0.6) is 0 Å². The lowest BCUT2D eigenvalue weighted by molar-refractivity contribution is 0.0854. The van der Waals surface area contributed by atoms with Crippen LogP contribution in [0.3, 0.4) is 0 Å². The molecule has 0 fully saturated rings. The number of sulfone groups is 1. The molecule has 2 heterocycles. The van der Waals surface area contributed by atoms with Crippen molar-refractivity contribution in [2.24, 2.45) is 4.40 Å². The smallest absolute Gasteiger partial charge is 0.410 e. The van der Waals surface area contributed by atoms with Crippen molar-refractivity contribution in [3.8, 4) is 0 Å². The van der Waals surface area contributed by atoms with Crippen LogP contribution in [0, 0.1) is 0 Å². The fourth-order valence-corrected chi connectivity index (χ4v) is 8.17. The Morgan fingerprint density at radius 2 is 2.10 bits per heavy atom. The largest absolute Gasteiger partial charge is 0.449 e. The van der Waals surface area contributed by atoms with Gasteiger partial charge in [-0.1, -0.05) is 22.6 Å². The van der Waals surface area contributed by atoms with Crippen LogP contribution < -0.4 is 0 Å². The first-order valence-electron chi connectivity index (χ1n) is 9.29. The van der Waals surface area contributed by atoms with Gasteiger partial charge >= 0.3 is 6.09 Å². The highest BCUT2D eigenvalue weighted by Crippen LogP contribution is 2.45. The zero-order valence-corrected chi connectivity index (χ0v) is 21.8. The van der Waals surface area contributed by atoms with Gasteiger partial charge in [0.25, 0.3) is 10.0 Å². The maximum absolute atomic E-state index is 12.9. The molecule has 2 atom stereocenters. The highest BCUT2D eigenvalue weighted by Gasteiger charge is 2.43. The molecule has 1 aliphatic heterocycles. The zero-order chi connectivity index (χ0) is 22.7. The summed E-state index contributed by atoms with van der Waals surface area (Å²) in [6.45, 7) is 3.92. The summed E-state index contributed by atoms with van der Waals surface area (Å²) in [5.74, 6) is 0. The van der Waals surface area contributed by atoms with Crippen molar-refractivity contribution >= 4 is 66.2 Å². The summed E-state index contributed by atoms with van der Waals surface area (Å²) in [5, 5.41) is -0.759. The number of hydrogen-bond acceptors (Lipinski definition) is 7. The molecule has 9 nitrogen and oxygen atoms in total. The van der Waals surface area contributed by atoms with Crippen molar-refractivity contribution in [3.05, 3.63) is 11.6 Å². The number of thiophene rings is 1. The Bertz CT molecular complexity index is 1000. The van der Waals surface area contributed by atoms with Gasteiger partial charge in [-0.2, -0.15) is 8.42 Å². The molecule has 1 unspecified atom stereocenters. The second-order valence-corrected chi connectivity index (χ2v) is 13.6. The molecule has 170 valence electrons. The fraction of sp³-hybridized carbons (Fsp3) is 0.647. The number of rotatable bonds is 8. The summed E-state index contributed by atoms with van der Waals surface area (Å²) in [7, 11) is -4.51. The Balaban J connectivity index is 2.51. The van der Waals surface area contributed by atoms with E-state index in [1.807, 2.05) is 0 Å². The zero-order valence-electron chi connectivity index (χ0n) is 17.2. The number of alkyl halides is 1. The Hall–Kier alpha value is -0.930. The number of amides is 1. The third kappa shape index (κ3) is 5.46. The first-order valence-corrected chi connectivity index (χ1v) is 14.6. The number of hydrogen-bond donors (Lipinski definition) is 0. The van der Waals surface area contributed by atoms with Crippen molar-refractivity contribution < 1.29 is 26.4 Å². The molecule has 0 saturated carbocycles. The van der Waals surface area contributed by atoms with Gasteiger partial charge in [-0.25, -0.2) is 13.2 Å². The normalized spacial score (nSPS) is 20.7. The van der Waals surface area contributed by atoms with Crippen LogP contribution >= 0.6 is 33.9 Å². The van der Waals surface area contributed by atoms with Gasteiger partial charge in [0.1, 0.15) is 14.8 Å². The van der Waals surface area contributed by atoms with Gasteiger partial charge in [0.2, 0.25) is 0 Å². The predicted molar refractivity (Wildman–Crippen MR) is 125 cm³/mol. The average Bonchev–Trinajstić information content (AvgIpc) is 3.13. The Labute approximate surface area is 195 Å². The minimum Gasteiger partial charge on any atom is -0.449 e. The molecule has 0 saturated heterocycles. The van der Waals surface area contributed by atoms with Crippen molar-refractivity contribution in [3.63, 3.8) is 0 Å². The number of halogens is 1. The predicted octanol–water partition coefficient (Wildman–Crippen LogP) is 2.92. The molecular weight excluding hydrogens is 565 g/mol. The van der Waals surface area contributed by atoms with E-state index in [0.29, 0.717) is 23.4 Å². The summed E-state index contributed by atoms with van der Waals surface area (Å²) in [4.78, 5) is 15.5. The molecule has 1 aliphatic rings. The third-order valence-corrected chi connectivity index (χ3v) is 10.9. The molecule has 0 N–H and O–H groups in total. The second-order valence-electron chi connectivity index (χ2n) is 7.02. The van der Waals surface area contributed by atoms with E-state index in [1.165, 1.54) is 15.9 Å². The number of carbonyl (C=O) groups excluding carboxylic acids is 1. The van der Waals surface area contributed by atoms with Gasteiger partial charge in [-0.3, -0.25) is 0 Å². The van der Waals surface area contributed by atoms with E-state index in [1.54, 1.807) is 27.9 Å². The fourth-order valence-electron chi connectivity index (χ4n) is 2.98. The van der Waals surface area contributed by atoms with Gasteiger partial charge in [0, 0.05) is 30.6 Å². The molecule has 0 bridgehead atoms. The van der Waals surface area contributed by atoms with Gasteiger partial charge < -0.3 is 14.5 Å². The maximum Gasteiger partial charge on any atom is 0.410 e. The van der Waals surface area contributed by atoms with Crippen LogP contribution in [0.15, 0.2) is 18.9 Å². The summed E-state index contributed by atoms with van der Waals surface area (Å²) in [5.41, 5.74) is 0.310. The molecule has 0 spiro atoms. The Morgan fingerprint density at radius 3 is 2.67 bits per heavy atom. The SMILES string of the molecule is CCN(C(=O)OCCCI)[C@H]1CC(C)S(=O)(=O)c2sc(S(=O)(=O)/N=C/N(C)C)cc21. The molecule has 0 radical (unpaired) electrons. The first-order chi connectivity index (χ1) is 14.0. The van der Waals surface area contributed by atoms with E-state index in [-0.39, 0.29) is 21.4 Å². The second kappa shape index (κ2) is 10.1. The highest BCUT2D eigenvalue weighted by atomic mass is 127. The molecular formula is C17H26IN3O6S3. The number of fused-ring (bicyclic) bond motifs is 1. The maximum atomic E-state index is 12.9. The van der Waals surface area contributed by atoms with Gasteiger partial charge in [-0.05, 0) is 32.8 Å². The quantitative estimate of drug-likeness (QED) is 0.150. The van der Waals surface area contributed by atoms with E-state index >= 15 is 0 Å². The van der Waals surface area contributed by atoms with Crippen molar-refractivity contribution in [2.75, 3.05) is 31.7 Å². The molecule has 0 aliphatic carbocycles. The first kappa shape index (κ1) is 25.3. The van der Waals surface area contributed by atoms with Gasteiger partial charge in [-0.15, -0.1) is 15.7 Å². The Morgan fingerprint density at radius 1 is 1.43 bits per heavy atom. The lowest BCUT2D eigenvalue weighted by Gasteiger charge is -2.35. The van der Waals surface area contributed by atoms with E-state index in [4.69, 9.17) is 4.74 Å². The van der Waals surface area contributed by atoms with Crippen LogP contribution in [0.1, 0.15) is 38.3 Å². The highest BCUT2D eigenvalue weighted by molar-refractivity contribution is 14.1. The number of carbonyl (C=O) groups is 1. The minimum atomic E-state index is -4.06. The average molecular weight is 592 g/mol. The number of nitrogens with zero attached hydrogens (tertiary/aromatic N) is 3. The summed E-state index contributed by atoms with van der Waals surface area (Å²) in [6, 6.07) is 0.741. The monoisotopic (exact) mass is 591 g/mol. The van der Waals surface area contributed by atoms with E-state index in [0.717, 1.165) is 17.2 Å². The molecule has 30 heavy (non-hydrogen) atoms. The van der Waals surface area contributed by atoms with E-state index < -0.39 is 37.2 Å². The van der Waals surface area contributed by atoms with Gasteiger partial charge in [0.15, 0.2) is 9.84 Å². The van der Waals surface area contributed by atoms with Crippen LogP contribution in [-0.2, 0) is 24.6 Å². The minimum absolute atomic E-state index is 0.0246. The Kier molecular flexibility index (Phi) is 8.55. The summed E-state index contributed by atoms with van der Waals surface area (Å²) < 4.78 is 60.5.